The second-order valence-electron chi connectivity index (χ2n) is 4.66. The second kappa shape index (κ2) is 5.08. The molecular weight excluding hydrogens is 226 g/mol. The summed E-state index contributed by atoms with van der Waals surface area (Å²) in [6.07, 6.45) is 2.94. The Morgan fingerprint density at radius 2 is 2.06 bits per heavy atom. The maximum atomic E-state index is 12.0. The molecule has 0 saturated heterocycles. The molecule has 0 bridgehead atoms. The van der Waals surface area contributed by atoms with Crippen LogP contribution in [0.15, 0.2) is 41.2 Å². The number of furan rings is 1. The number of para-hydroxylation sites is 1. The quantitative estimate of drug-likeness (QED) is 0.886. The zero-order valence-electron chi connectivity index (χ0n) is 10.9. The molecule has 18 heavy (non-hydrogen) atoms. The molecule has 1 amide bonds. The first-order valence-electron chi connectivity index (χ1n) is 6.02. The number of hydrogen-bond acceptors (Lipinski definition) is 2. The third kappa shape index (κ3) is 2.45. The van der Waals surface area contributed by atoms with Crippen LogP contribution in [0, 0.1) is 6.92 Å². The van der Waals surface area contributed by atoms with Gasteiger partial charge >= 0.3 is 0 Å². The van der Waals surface area contributed by atoms with E-state index in [1.54, 1.807) is 6.07 Å². The predicted molar refractivity (Wildman–Crippen MR) is 71.9 cm³/mol. The number of rotatable bonds is 3. The third-order valence-electron chi connectivity index (χ3n) is 2.95. The first-order chi connectivity index (χ1) is 8.59. The molecule has 0 aliphatic carbocycles. The molecule has 0 fully saturated rings. The molecule has 94 valence electrons. The Balaban J connectivity index is 2.31. The van der Waals surface area contributed by atoms with Crippen LogP contribution in [-0.2, 0) is 0 Å². The molecule has 0 aliphatic rings. The molecule has 0 radical (unpaired) electrons. The van der Waals surface area contributed by atoms with Crippen LogP contribution in [0.5, 0.6) is 0 Å². The molecule has 0 spiro atoms. The molecule has 1 heterocycles. The van der Waals surface area contributed by atoms with Crippen LogP contribution in [0.1, 0.15) is 41.3 Å². The van der Waals surface area contributed by atoms with Crippen LogP contribution in [0.25, 0.3) is 0 Å². The Bertz CT molecular complexity index is 542. The summed E-state index contributed by atoms with van der Waals surface area (Å²) >= 11 is 0. The first-order valence-corrected chi connectivity index (χ1v) is 6.02. The van der Waals surface area contributed by atoms with Crippen molar-refractivity contribution >= 4 is 11.6 Å². The third-order valence-corrected chi connectivity index (χ3v) is 2.95. The molecule has 0 aliphatic heterocycles. The van der Waals surface area contributed by atoms with E-state index in [0.29, 0.717) is 11.5 Å². The fourth-order valence-electron chi connectivity index (χ4n) is 1.92. The highest BCUT2D eigenvalue weighted by molar-refractivity contribution is 6.04. The van der Waals surface area contributed by atoms with Crippen molar-refractivity contribution in [3.63, 3.8) is 0 Å². The Morgan fingerprint density at radius 1 is 1.28 bits per heavy atom. The highest BCUT2D eigenvalue weighted by Gasteiger charge is 2.13. The molecule has 1 aromatic carbocycles. The van der Waals surface area contributed by atoms with Crippen molar-refractivity contribution in [2.75, 3.05) is 5.32 Å². The van der Waals surface area contributed by atoms with Gasteiger partial charge in [-0.15, -0.1) is 0 Å². The van der Waals surface area contributed by atoms with Gasteiger partial charge in [-0.25, -0.2) is 0 Å². The van der Waals surface area contributed by atoms with Gasteiger partial charge in [0.25, 0.3) is 5.91 Å². The number of anilines is 1. The van der Waals surface area contributed by atoms with Gasteiger partial charge in [0.2, 0.25) is 0 Å². The van der Waals surface area contributed by atoms with Crippen molar-refractivity contribution in [1.29, 1.82) is 0 Å². The summed E-state index contributed by atoms with van der Waals surface area (Å²) in [6, 6.07) is 7.71. The van der Waals surface area contributed by atoms with E-state index < -0.39 is 0 Å². The first kappa shape index (κ1) is 12.4. The predicted octanol–water partition coefficient (Wildman–Crippen LogP) is 3.96. The molecule has 1 aromatic heterocycles. The van der Waals surface area contributed by atoms with Crippen molar-refractivity contribution in [3.8, 4) is 0 Å². The maximum absolute atomic E-state index is 12.0. The van der Waals surface area contributed by atoms with Crippen molar-refractivity contribution in [3.05, 3.63) is 53.5 Å². The van der Waals surface area contributed by atoms with Crippen LogP contribution in [0.4, 0.5) is 5.69 Å². The molecule has 2 aromatic rings. The van der Waals surface area contributed by atoms with Gasteiger partial charge in [0, 0.05) is 5.69 Å². The lowest BCUT2D eigenvalue weighted by Gasteiger charge is -2.15. The number of carbonyl (C=O) groups excluding carboxylic acids is 1. The van der Waals surface area contributed by atoms with Crippen LogP contribution in [0.3, 0.4) is 0 Å². The van der Waals surface area contributed by atoms with Crippen molar-refractivity contribution in [2.24, 2.45) is 0 Å². The van der Waals surface area contributed by atoms with Crippen LogP contribution in [-0.4, -0.2) is 5.91 Å². The summed E-state index contributed by atoms with van der Waals surface area (Å²) in [5.74, 6) is 0.226. The standard InChI is InChI=1S/C15H17NO2/c1-10(2)13-6-4-5-11(3)14(13)16-15(17)12-7-8-18-9-12/h4-10H,1-3H3,(H,16,17). The topological polar surface area (TPSA) is 42.2 Å². The van der Waals surface area contributed by atoms with Crippen molar-refractivity contribution in [2.45, 2.75) is 26.7 Å². The summed E-state index contributed by atoms with van der Waals surface area (Å²) in [6.45, 7) is 6.22. The minimum Gasteiger partial charge on any atom is -0.472 e. The number of hydrogen-bond donors (Lipinski definition) is 1. The van der Waals surface area contributed by atoms with E-state index in [1.807, 2.05) is 25.1 Å². The molecule has 3 nitrogen and oxygen atoms in total. The number of nitrogens with one attached hydrogen (secondary N) is 1. The van der Waals surface area contributed by atoms with Gasteiger partial charge in [-0.1, -0.05) is 32.0 Å². The zero-order valence-corrected chi connectivity index (χ0v) is 10.9. The minimum absolute atomic E-state index is 0.139. The smallest absolute Gasteiger partial charge is 0.258 e. The lowest BCUT2D eigenvalue weighted by Crippen LogP contribution is -2.14. The Hall–Kier alpha value is -2.03. The molecular formula is C15H17NO2. The van der Waals surface area contributed by atoms with Crippen LogP contribution in [0.2, 0.25) is 0 Å². The van der Waals surface area contributed by atoms with E-state index >= 15 is 0 Å². The number of aryl methyl sites for hydroxylation is 1. The number of carbonyl (C=O) groups is 1. The van der Waals surface area contributed by atoms with Gasteiger partial charge in [0.15, 0.2) is 0 Å². The molecule has 1 N–H and O–H groups in total. The average Bonchev–Trinajstić information content (AvgIpc) is 2.85. The van der Waals surface area contributed by atoms with Gasteiger partial charge in [-0.2, -0.15) is 0 Å². The molecule has 2 rings (SSSR count). The Labute approximate surface area is 107 Å². The van der Waals surface area contributed by atoms with Crippen LogP contribution < -0.4 is 5.32 Å². The lowest BCUT2D eigenvalue weighted by atomic mass is 9.98. The van der Waals surface area contributed by atoms with E-state index in [-0.39, 0.29) is 5.91 Å². The summed E-state index contributed by atoms with van der Waals surface area (Å²) in [4.78, 5) is 12.0. The highest BCUT2D eigenvalue weighted by Crippen LogP contribution is 2.27. The summed E-state index contributed by atoms with van der Waals surface area (Å²) in [5.41, 5.74) is 3.65. The van der Waals surface area contributed by atoms with Gasteiger partial charge in [-0.3, -0.25) is 4.79 Å². The summed E-state index contributed by atoms with van der Waals surface area (Å²) in [7, 11) is 0. The molecule has 3 heteroatoms. The summed E-state index contributed by atoms with van der Waals surface area (Å²) in [5, 5.41) is 2.96. The minimum atomic E-state index is -0.139. The van der Waals surface area contributed by atoms with Crippen LogP contribution >= 0.6 is 0 Å². The largest absolute Gasteiger partial charge is 0.472 e. The van der Waals surface area contributed by atoms with Gasteiger partial charge in [0.05, 0.1) is 11.8 Å². The van der Waals surface area contributed by atoms with E-state index in [2.05, 4.69) is 19.2 Å². The van der Waals surface area contributed by atoms with E-state index in [0.717, 1.165) is 16.8 Å². The van der Waals surface area contributed by atoms with Gasteiger partial charge in [0.1, 0.15) is 6.26 Å². The maximum Gasteiger partial charge on any atom is 0.258 e. The highest BCUT2D eigenvalue weighted by atomic mass is 16.3. The van der Waals surface area contributed by atoms with Gasteiger partial charge < -0.3 is 9.73 Å². The monoisotopic (exact) mass is 243 g/mol. The zero-order chi connectivity index (χ0) is 13.1. The van der Waals surface area contributed by atoms with Gasteiger partial charge in [-0.05, 0) is 30.0 Å². The fraction of sp³-hybridized carbons (Fsp3) is 0.267. The van der Waals surface area contributed by atoms with Crippen molar-refractivity contribution in [1.82, 2.24) is 0 Å². The number of amides is 1. The Morgan fingerprint density at radius 3 is 2.67 bits per heavy atom. The SMILES string of the molecule is Cc1cccc(C(C)C)c1NC(=O)c1ccoc1. The van der Waals surface area contributed by atoms with Crippen molar-refractivity contribution < 1.29 is 9.21 Å². The number of benzene rings is 1. The fourth-order valence-corrected chi connectivity index (χ4v) is 1.92. The van der Waals surface area contributed by atoms with E-state index in [9.17, 15) is 4.79 Å². The molecule has 0 unspecified atom stereocenters. The normalized spacial score (nSPS) is 10.7. The van der Waals surface area contributed by atoms with E-state index in [1.165, 1.54) is 12.5 Å². The Kier molecular flexibility index (Phi) is 3.51. The summed E-state index contributed by atoms with van der Waals surface area (Å²) < 4.78 is 4.92. The van der Waals surface area contributed by atoms with E-state index in [4.69, 9.17) is 4.42 Å². The molecule has 0 saturated carbocycles. The average molecular weight is 243 g/mol. The molecule has 0 atom stereocenters. The second-order valence-corrected chi connectivity index (χ2v) is 4.66. The lowest BCUT2D eigenvalue weighted by molar-refractivity contribution is 0.102.